The van der Waals surface area contributed by atoms with Crippen molar-refractivity contribution in [1.29, 1.82) is 5.26 Å². The van der Waals surface area contributed by atoms with Crippen LogP contribution in [0.25, 0.3) is 0 Å². The highest BCUT2D eigenvalue weighted by Gasteiger charge is 2.42. The molecule has 0 saturated carbocycles. The highest BCUT2D eigenvalue weighted by atomic mass is 16.5. The van der Waals surface area contributed by atoms with Crippen molar-refractivity contribution in [3.8, 4) is 6.07 Å². The molecule has 96 valence electrons. The third-order valence-corrected chi connectivity index (χ3v) is 3.67. The Morgan fingerprint density at radius 3 is 2.41 bits per heavy atom. The number of nitrogens with zero attached hydrogens (tertiary/aromatic N) is 2. The Morgan fingerprint density at radius 1 is 1.41 bits per heavy atom. The zero-order valence-electron chi connectivity index (χ0n) is 11.3. The lowest BCUT2D eigenvalue weighted by Gasteiger charge is -2.25. The van der Waals surface area contributed by atoms with Crippen molar-refractivity contribution in [2.75, 3.05) is 13.6 Å². The minimum absolute atomic E-state index is 0.0349. The molecule has 0 aromatic rings. The van der Waals surface area contributed by atoms with Crippen LogP contribution in [-0.2, 0) is 9.53 Å². The number of nitriles is 1. The quantitative estimate of drug-likeness (QED) is 0.751. The first-order valence-electron chi connectivity index (χ1n) is 6.18. The van der Waals surface area contributed by atoms with Crippen molar-refractivity contribution >= 4 is 5.91 Å². The molecule has 0 aromatic carbocycles. The summed E-state index contributed by atoms with van der Waals surface area (Å²) in [6, 6.07) is 2.15. The van der Waals surface area contributed by atoms with E-state index in [1.54, 1.807) is 11.9 Å². The third-order valence-electron chi connectivity index (χ3n) is 3.67. The monoisotopic (exact) mass is 238 g/mol. The summed E-state index contributed by atoms with van der Waals surface area (Å²) in [4.78, 5) is 14.0. The average molecular weight is 238 g/mol. The standard InChI is InChI=1S/C13H22N2O2/c1-8(6-14)7-15(5)13(16)12-9(2)10(3)17-11(12)4/h8-12H,7H2,1-5H3. The van der Waals surface area contributed by atoms with Crippen LogP contribution in [0.1, 0.15) is 27.7 Å². The number of amides is 1. The lowest BCUT2D eigenvalue weighted by molar-refractivity contribution is -0.136. The van der Waals surface area contributed by atoms with Gasteiger partial charge in [0.1, 0.15) is 0 Å². The smallest absolute Gasteiger partial charge is 0.228 e. The average Bonchev–Trinajstić information content (AvgIpc) is 2.52. The Bertz CT molecular complexity index is 324. The van der Waals surface area contributed by atoms with Crippen molar-refractivity contribution < 1.29 is 9.53 Å². The molecule has 0 N–H and O–H groups in total. The molecule has 17 heavy (non-hydrogen) atoms. The van der Waals surface area contributed by atoms with E-state index >= 15 is 0 Å². The topological polar surface area (TPSA) is 53.3 Å². The van der Waals surface area contributed by atoms with Crippen LogP contribution in [0.15, 0.2) is 0 Å². The van der Waals surface area contributed by atoms with Gasteiger partial charge >= 0.3 is 0 Å². The van der Waals surface area contributed by atoms with Gasteiger partial charge in [-0.15, -0.1) is 0 Å². The fourth-order valence-electron chi connectivity index (χ4n) is 2.49. The van der Waals surface area contributed by atoms with Crippen LogP contribution < -0.4 is 0 Å². The number of hydrogen-bond acceptors (Lipinski definition) is 3. The molecule has 4 heteroatoms. The summed E-state index contributed by atoms with van der Waals surface area (Å²) in [5, 5.41) is 8.76. The van der Waals surface area contributed by atoms with E-state index < -0.39 is 0 Å². The Hall–Kier alpha value is -1.08. The summed E-state index contributed by atoms with van der Waals surface area (Å²) in [5.41, 5.74) is 0. The molecule has 1 aliphatic heterocycles. The summed E-state index contributed by atoms with van der Waals surface area (Å²) in [7, 11) is 1.76. The maximum atomic E-state index is 12.3. The van der Waals surface area contributed by atoms with Crippen LogP contribution in [0.4, 0.5) is 0 Å². The van der Waals surface area contributed by atoms with Gasteiger partial charge in [-0.05, 0) is 26.7 Å². The van der Waals surface area contributed by atoms with E-state index in [1.165, 1.54) is 0 Å². The van der Waals surface area contributed by atoms with Gasteiger partial charge < -0.3 is 9.64 Å². The predicted octanol–water partition coefficient (Wildman–Crippen LogP) is 1.66. The molecule has 0 bridgehead atoms. The number of ether oxygens (including phenoxy) is 1. The van der Waals surface area contributed by atoms with Crippen LogP contribution in [0.2, 0.25) is 0 Å². The van der Waals surface area contributed by atoms with Crippen LogP contribution in [0.3, 0.4) is 0 Å². The van der Waals surface area contributed by atoms with Gasteiger partial charge in [0.15, 0.2) is 0 Å². The minimum atomic E-state index is -0.130. The fourth-order valence-corrected chi connectivity index (χ4v) is 2.49. The van der Waals surface area contributed by atoms with Gasteiger partial charge in [0.2, 0.25) is 5.91 Å². The first-order valence-corrected chi connectivity index (χ1v) is 6.18. The Balaban J connectivity index is 2.67. The Morgan fingerprint density at radius 2 is 2.00 bits per heavy atom. The second-order valence-corrected chi connectivity index (χ2v) is 5.18. The molecule has 0 aliphatic carbocycles. The lowest BCUT2D eigenvalue weighted by atomic mass is 9.88. The maximum absolute atomic E-state index is 12.3. The number of carbonyl (C=O) groups excluding carboxylic acids is 1. The van der Waals surface area contributed by atoms with E-state index in [-0.39, 0.29) is 35.9 Å². The van der Waals surface area contributed by atoms with Crippen molar-refractivity contribution in [3.05, 3.63) is 0 Å². The second kappa shape index (κ2) is 5.50. The summed E-state index contributed by atoms with van der Waals surface area (Å²) in [5.74, 6) is 0.115. The van der Waals surface area contributed by atoms with Crippen LogP contribution in [0, 0.1) is 29.1 Å². The number of hydrogen-bond donors (Lipinski definition) is 0. The van der Waals surface area contributed by atoms with E-state index in [2.05, 4.69) is 13.0 Å². The van der Waals surface area contributed by atoms with E-state index in [0.717, 1.165) is 0 Å². The van der Waals surface area contributed by atoms with E-state index in [1.807, 2.05) is 20.8 Å². The van der Waals surface area contributed by atoms with Crippen molar-refractivity contribution in [2.24, 2.45) is 17.8 Å². The summed E-state index contributed by atoms with van der Waals surface area (Å²) >= 11 is 0. The Labute approximate surface area is 104 Å². The van der Waals surface area contributed by atoms with Gasteiger partial charge in [0.25, 0.3) is 0 Å². The predicted molar refractivity (Wildman–Crippen MR) is 65.1 cm³/mol. The zero-order valence-corrected chi connectivity index (χ0v) is 11.3. The van der Waals surface area contributed by atoms with Gasteiger partial charge in [-0.25, -0.2) is 0 Å². The molecule has 1 saturated heterocycles. The molecule has 0 radical (unpaired) electrons. The molecule has 4 nitrogen and oxygen atoms in total. The molecule has 0 spiro atoms. The number of carbonyl (C=O) groups is 1. The second-order valence-electron chi connectivity index (χ2n) is 5.18. The van der Waals surface area contributed by atoms with Gasteiger partial charge in [-0.2, -0.15) is 5.26 Å². The van der Waals surface area contributed by atoms with Gasteiger partial charge in [0, 0.05) is 13.6 Å². The van der Waals surface area contributed by atoms with Crippen LogP contribution in [0.5, 0.6) is 0 Å². The Kier molecular flexibility index (Phi) is 4.53. The fraction of sp³-hybridized carbons (Fsp3) is 0.846. The van der Waals surface area contributed by atoms with E-state index in [9.17, 15) is 4.79 Å². The maximum Gasteiger partial charge on any atom is 0.228 e. The first kappa shape index (κ1) is 14.0. The number of rotatable bonds is 3. The van der Waals surface area contributed by atoms with Gasteiger partial charge in [0.05, 0.1) is 30.1 Å². The van der Waals surface area contributed by atoms with Crippen LogP contribution in [-0.4, -0.2) is 36.6 Å². The normalized spacial score (nSPS) is 34.1. The molecule has 1 amide bonds. The molecule has 5 atom stereocenters. The van der Waals surface area contributed by atoms with E-state index in [0.29, 0.717) is 6.54 Å². The minimum Gasteiger partial charge on any atom is -0.374 e. The molecule has 1 rings (SSSR count). The van der Waals surface area contributed by atoms with Crippen LogP contribution >= 0.6 is 0 Å². The largest absolute Gasteiger partial charge is 0.374 e. The van der Waals surface area contributed by atoms with Gasteiger partial charge in [-0.3, -0.25) is 4.79 Å². The first-order chi connectivity index (χ1) is 7.88. The summed E-state index contributed by atoms with van der Waals surface area (Å²) < 4.78 is 5.68. The summed E-state index contributed by atoms with van der Waals surface area (Å²) in [6.07, 6.45) is 0.0908. The molecule has 1 fully saturated rings. The highest BCUT2D eigenvalue weighted by Crippen LogP contribution is 2.33. The molecule has 1 aliphatic rings. The molecule has 0 aromatic heterocycles. The zero-order chi connectivity index (χ0) is 13.2. The summed E-state index contributed by atoms with van der Waals surface area (Å²) in [6.45, 7) is 8.32. The van der Waals surface area contributed by atoms with Gasteiger partial charge in [-0.1, -0.05) is 6.92 Å². The van der Waals surface area contributed by atoms with Crippen molar-refractivity contribution in [1.82, 2.24) is 4.90 Å². The van der Waals surface area contributed by atoms with Crippen molar-refractivity contribution in [3.63, 3.8) is 0 Å². The third kappa shape index (κ3) is 2.98. The van der Waals surface area contributed by atoms with E-state index in [4.69, 9.17) is 10.00 Å². The molecule has 1 heterocycles. The SMILES string of the molecule is CC(C#N)CN(C)C(=O)C1C(C)OC(C)C1C. The lowest BCUT2D eigenvalue weighted by Crippen LogP contribution is -2.40. The molecular formula is C13H22N2O2. The molecule has 5 unspecified atom stereocenters. The van der Waals surface area contributed by atoms with Crippen molar-refractivity contribution in [2.45, 2.75) is 39.9 Å². The molecular weight excluding hydrogens is 216 g/mol. The highest BCUT2D eigenvalue weighted by molar-refractivity contribution is 5.79.